The minimum absolute atomic E-state index is 0.208. The van der Waals surface area contributed by atoms with Crippen LogP contribution in [0.1, 0.15) is 18.5 Å². The number of hydrogen-bond acceptors (Lipinski definition) is 4. The van der Waals surface area contributed by atoms with E-state index in [1.54, 1.807) is 30.2 Å². The van der Waals surface area contributed by atoms with Crippen LogP contribution in [0.3, 0.4) is 0 Å². The molecule has 1 aliphatic heterocycles. The first-order valence-corrected chi connectivity index (χ1v) is 8.46. The van der Waals surface area contributed by atoms with Gasteiger partial charge in [0, 0.05) is 15.6 Å². The third-order valence-corrected chi connectivity index (χ3v) is 4.58. The number of carbonyl (C=O) groups excluding carboxylic acids is 1. The zero-order chi connectivity index (χ0) is 17.1. The molecule has 0 aromatic heterocycles. The average molecular weight is 366 g/mol. The van der Waals surface area contributed by atoms with Gasteiger partial charge in [-0.3, -0.25) is 9.63 Å². The SMILES string of the molecule is CCOC(=O)[C@H]1CON(c2ccccc2)[C@@H]1c1c(Cl)cccc1Cl. The van der Waals surface area contributed by atoms with Gasteiger partial charge in [0.2, 0.25) is 0 Å². The van der Waals surface area contributed by atoms with Crippen LogP contribution < -0.4 is 5.06 Å². The van der Waals surface area contributed by atoms with Crippen LogP contribution in [0.15, 0.2) is 48.5 Å². The number of rotatable bonds is 4. The first-order valence-electron chi connectivity index (χ1n) is 7.71. The average Bonchev–Trinajstić information content (AvgIpc) is 3.00. The van der Waals surface area contributed by atoms with Crippen molar-refractivity contribution in [1.29, 1.82) is 0 Å². The van der Waals surface area contributed by atoms with Crippen molar-refractivity contribution in [2.24, 2.45) is 5.92 Å². The van der Waals surface area contributed by atoms with Crippen LogP contribution in [0.2, 0.25) is 10.0 Å². The van der Waals surface area contributed by atoms with Crippen molar-refractivity contribution in [1.82, 2.24) is 0 Å². The maximum atomic E-state index is 12.4. The minimum Gasteiger partial charge on any atom is -0.466 e. The maximum Gasteiger partial charge on any atom is 0.313 e. The quantitative estimate of drug-likeness (QED) is 0.738. The van der Waals surface area contributed by atoms with Crippen molar-refractivity contribution >= 4 is 34.9 Å². The Hall–Kier alpha value is -1.75. The topological polar surface area (TPSA) is 38.8 Å². The summed E-state index contributed by atoms with van der Waals surface area (Å²) in [4.78, 5) is 18.2. The number of para-hydroxylation sites is 1. The van der Waals surface area contributed by atoms with E-state index >= 15 is 0 Å². The van der Waals surface area contributed by atoms with E-state index in [0.29, 0.717) is 22.2 Å². The lowest BCUT2D eigenvalue weighted by atomic mass is 9.93. The van der Waals surface area contributed by atoms with E-state index in [0.717, 1.165) is 5.69 Å². The molecule has 3 rings (SSSR count). The van der Waals surface area contributed by atoms with Crippen LogP contribution in [0.25, 0.3) is 0 Å². The monoisotopic (exact) mass is 365 g/mol. The van der Waals surface area contributed by atoms with Gasteiger partial charge in [0.15, 0.2) is 0 Å². The molecule has 0 radical (unpaired) electrons. The van der Waals surface area contributed by atoms with E-state index in [1.165, 1.54) is 0 Å². The highest BCUT2D eigenvalue weighted by molar-refractivity contribution is 6.36. The Labute approximate surface area is 150 Å². The van der Waals surface area contributed by atoms with Crippen molar-refractivity contribution in [2.75, 3.05) is 18.3 Å². The largest absolute Gasteiger partial charge is 0.466 e. The van der Waals surface area contributed by atoms with Gasteiger partial charge in [0.25, 0.3) is 0 Å². The number of ether oxygens (including phenoxy) is 1. The van der Waals surface area contributed by atoms with Gasteiger partial charge in [-0.1, -0.05) is 47.5 Å². The predicted octanol–water partition coefficient (Wildman–Crippen LogP) is 4.67. The summed E-state index contributed by atoms with van der Waals surface area (Å²) in [6.07, 6.45) is 0. The Bertz CT molecular complexity index is 703. The lowest BCUT2D eigenvalue weighted by Crippen LogP contribution is -2.29. The number of halogens is 2. The standard InChI is InChI=1S/C18H17Cl2NO3/c1-2-23-18(22)13-11-24-21(12-7-4-3-5-8-12)17(13)16-14(19)9-6-10-15(16)20/h3-10,13,17H,2,11H2,1H3/t13-,17-/m0/s1. The molecule has 4 nitrogen and oxygen atoms in total. The molecule has 6 heteroatoms. The molecule has 0 aliphatic carbocycles. The van der Waals surface area contributed by atoms with Crippen LogP contribution in [0.4, 0.5) is 5.69 Å². The van der Waals surface area contributed by atoms with Gasteiger partial charge in [-0.15, -0.1) is 0 Å². The highest BCUT2D eigenvalue weighted by atomic mass is 35.5. The molecule has 1 heterocycles. The predicted molar refractivity (Wildman–Crippen MR) is 94.2 cm³/mol. The van der Waals surface area contributed by atoms with E-state index in [-0.39, 0.29) is 12.6 Å². The molecule has 0 bridgehead atoms. The van der Waals surface area contributed by atoms with E-state index in [2.05, 4.69) is 0 Å². The van der Waals surface area contributed by atoms with Crippen molar-refractivity contribution in [2.45, 2.75) is 13.0 Å². The van der Waals surface area contributed by atoms with Crippen LogP contribution in [-0.2, 0) is 14.4 Å². The molecule has 0 spiro atoms. The van der Waals surface area contributed by atoms with Crippen LogP contribution in [0, 0.1) is 5.92 Å². The third-order valence-electron chi connectivity index (χ3n) is 3.92. The first-order chi connectivity index (χ1) is 11.6. The molecular weight excluding hydrogens is 349 g/mol. The Morgan fingerprint density at radius 2 is 1.83 bits per heavy atom. The fourth-order valence-electron chi connectivity index (χ4n) is 2.86. The molecule has 2 atom stereocenters. The second-order valence-corrected chi connectivity index (χ2v) is 6.21. The highest BCUT2D eigenvalue weighted by Crippen LogP contribution is 2.44. The summed E-state index contributed by atoms with van der Waals surface area (Å²) in [6, 6.07) is 14.4. The summed E-state index contributed by atoms with van der Waals surface area (Å²) < 4.78 is 5.21. The Kier molecular flexibility index (Phi) is 5.29. The van der Waals surface area contributed by atoms with Crippen LogP contribution in [-0.4, -0.2) is 19.2 Å². The fourth-order valence-corrected chi connectivity index (χ4v) is 3.48. The molecule has 1 aliphatic rings. The molecular formula is C18H17Cl2NO3. The first kappa shape index (κ1) is 17.1. The Morgan fingerprint density at radius 3 is 2.46 bits per heavy atom. The van der Waals surface area contributed by atoms with Gasteiger partial charge in [-0.05, 0) is 31.2 Å². The highest BCUT2D eigenvalue weighted by Gasteiger charge is 2.44. The molecule has 1 saturated heterocycles. The van der Waals surface area contributed by atoms with Gasteiger partial charge in [-0.2, -0.15) is 0 Å². The summed E-state index contributed by atoms with van der Waals surface area (Å²) >= 11 is 12.8. The van der Waals surface area contributed by atoms with Gasteiger partial charge in [-0.25, -0.2) is 5.06 Å². The molecule has 0 saturated carbocycles. The van der Waals surface area contributed by atoms with Crippen LogP contribution >= 0.6 is 23.2 Å². The number of nitrogens with zero attached hydrogens (tertiary/aromatic N) is 1. The van der Waals surface area contributed by atoms with E-state index in [9.17, 15) is 4.79 Å². The number of carbonyl (C=O) groups is 1. The Balaban J connectivity index is 2.06. The molecule has 2 aromatic carbocycles. The normalized spacial score (nSPS) is 20.2. The summed E-state index contributed by atoms with van der Waals surface area (Å²) in [5, 5.41) is 2.68. The molecule has 0 N–H and O–H groups in total. The number of benzene rings is 2. The number of hydroxylamine groups is 1. The third kappa shape index (κ3) is 3.22. The van der Waals surface area contributed by atoms with Gasteiger partial charge < -0.3 is 4.74 Å². The number of anilines is 1. The zero-order valence-corrected chi connectivity index (χ0v) is 14.6. The molecule has 1 fully saturated rings. The van der Waals surface area contributed by atoms with Crippen molar-refractivity contribution in [3.8, 4) is 0 Å². The Morgan fingerprint density at radius 1 is 1.17 bits per heavy atom. The summed E-state index contributed by atoms with van der Waals surface area (Å²) in [7, 11) is 0. The lowest BCUT2D eigenvalue weighted by molar-refractivity contribution is -0.148. The second kappa shape index (κ2) is 7.43. The molecule has 0 unspecified atom stereocenters. The number of esters is 1. The fraction of sp³-hybridized carbons (Fsp3) is 0.278. The zero-order valence-electron chi connectivity index (χ0n) is 13.1. The molecule has 0 amide bonds. The van der Waals surface area contributed by atoms with Crippen molar-refractivity contribution < 1.29 is 14.4 Å². The second-order valence-electron chi connectivity index (χ2n) is 5.40. The van der Waals surface area contributed by atoms with Gasteiger partial charge >= 0.3 is 5.97 Å². The molecule has 2 aromatic rings. The van der Waals surface area contributed by atoms with E-state index in [4.69, 9.17) is 32.8 Å². The summed E-state index contributed by atoms with van der Waals surface area (Å²) in [5.74, 6) is -0.834. The van der Waals surface area contributed by atoms with Gasteiger partial charge in [0.05, 0.1) is 18.9 Å². The minimum atomic E-state index is -0.512. The van der Waals surface area contributed by atoms with Gasteiger partial charge in [0.1, 0.15) is 12.0 Å². The molecule has 126 valence electrons. The van der Waals surface area contributed by atoms with E-state index < -0.39 is 12.0 Å². The van der Waals surface area contributed by atoms with Crippen molar-refractivity contribution in [3.63, 3.8) is 0 Å². The summed E-state index contributed by atoms with van der Waals surface area (Å²) in [5.41, 5.74) is 1.49. The van der Waals surface area contributed by atoms with E-state index in [1.807, 2.05) is 30.3 Å². The molecule has 24 heavy (non-hydrogen) atoms. The maximum absolute atomic E-state index is 12.4. The summed E-state index contributed by atoms with van der Waals surface area (Å²) in [6.45, 7) is 2.30. The van der Waals surface area contributed by atoms with Crippen molar-refractivity contribution in [3.05, 3.63) is 64.1 Å². The smallest absolute Gasteiger partial charge is 0.313 e. The van der Waals surface area contributed by atoms with Crippen LogP contribution in [0.5, 0.6) is 0 Å². The number of hydrogen-bond donors (Lipinski definition) is 0. The lowest BCUT2D eigenvalue weighted by Gasteiger charge is -2.28.